The summed E-state index contributed by atoms with van der Waals surface area (Å²) < 4.78 is 1.96. The third-order valence-electron chi connectivity index (χ3n) is 5.12. The van der Waals surface area contributed by atoms with Crippen LogP contribution in [0.3, 0.4) is 0 Å². The van der Waals surface area contributed by atoms with E-state index < -0.39 is 0 Å². The van der Waals surface area contributed by atoms with Crippen LogP contribution in [0.1, 0.15) is 41.8 Å². The van der Waals surface area contributed by atoms with Crippen LogP contribution >= 0.6 is 0 Å². The van der Waals surface area contributed by atoms with Gasteiger partial charge in [0.15, 0.2) is 0 Å². The number of carbonyl (C=O) groups is 1. The van der Waals surface area contributed by atoms with Gasteiger partial charge in [0.25, 0.3) is 0 Å². The second-order valence-corrected chi connectivity index (χ2v) is 6.96. The smallest absolute Gasteiger partial charge is 0.230 e. The quantitative estimate of drug-likeness (QED) is 0.641. The highest BCUT2D eigenvalue weighted by Crippen LogP contribution is 2.24. The molecule has 1 unspecified atom stereocenters. The summed E-state index contributed by atoms with van der Waals surface area (Å²) in [7, 11) is 1.88. The van der Waals surface area contributed by atoms with E-state index in [-0.39, 0.29) is 11.8 Å². The van der Waals surface area contributed by atoms with E-state index in [0.717, 1.165) is 34.6 Å². The average Bonchev–Trinajstić information content (AvgIpc) is 2.98. The number of rotatable bonds is 6. The number of aromatic nitrogens is 2. The van der Waals surface area contributed by atoms with Crippen molar-refractivity contribution in [2.24, 2.45) is 0 Å². The summed E-state index contributed by atoms with van der Waals surface area (Å²) in [5.41, 5.74) is 5.26. The van der Waals surface area contributed by atoms with Gasteiger partial charge in [0.2, 0.25) is 5.91 Å². The number of hydrogen-bond donors (Lipinski definition) is 0. The second kappa shape index (κ2) is 8.21. The SMILES string of the molecule is CCC(C(=O)N(C)Cc1c(C)nn(-c2ccccc2)c1C)c1ccccc1. The van der Waals surface area contributed by atoms with Gasteiger partial charge in [-0.1, -0.05) is 55.5 Å². The molecule has 2 aromatic carbocycles. The first-order chi connectivity index (χ1) is 13.0. The van der Waals surface area contributed by atoms with Crippen LogP contribution in [0.5, 0.6) is 0 Å². The van der Waals surface area contributed by atoms with Crippen molar-refractivity contribution in [3.8, 4) is 5.69 Å². The van der Waals surface area contributed by atoms with Crippen molar-refractivity contribution >= 4 is 5.91 Å². The Hall–Kier alpha value is -2.88. The number of likely N-dealkylation sites (N-methyl/N-ethyl adjacent to an activating group) is 1. The van der Waals surface area contributed by atoms with Crippen LogP contribution in [-0.4, -0.2) is 27.6 Å². The molecule has 1 aromatic heterocycles. The lowest BCUT2D eigenvalue weighted by Gasteiger charge is -2.23. The van der Waals surface area contributed by atoms with E-state index in [4.69, 9.17) is 5.10 Å². The number of carbonyl (C=O) groups excluding carboxylic acids is 1. The standard InChI is InChI=1S/C23H27N3O/c1-5-21(19-12-8-6-9-13-19)23(27)25(4)16-22-17(2)24-26(18(22)3)20-14-10-7-11-15-20/h6-15,21H,5,16H2,1-4H3. The summed E-state index contributed by atoms with van der Waals surface area (Å²) in [4.78, 5) is 14.9. The lowest BCUT2D eigenvalue weighted by atomic mass is 9.95. The zero-order valence-electron chi connectivity index (χ0n) is 16.5. The molecule has 27 heavy (non-hydrogen) atoms. The molecule has 0 radical (unpaired) electrons. The molecule has 0 aliphatic rings. The maximum atomic E-state index is 13.1. The molecule has 0 spiro atoms. The van der Waals surface area contributed by atoms with Crippen LogP contribution < -0.4 is 0 Å². The van der Waals surface area contributed by atoms with E-state index in [2.05, 4.69) is 13.8 Å². The highest BCUT2D eigenvalue weighted by molar-refractivity contribution is 5.83. The van der Waals surface area contributed by atoms with Crippen LogP contribution in [0.4, 0.5) is 0 Å². The van der Waals surface area contributed by atoms with Crippen LogP contribution in [-0.2, 0) is 11.3 Å². The monoisotopic (exact) mass is 361 g/mol. The minimum atomic E-state index is -0.110. The Morgan fingerprint density at radius 1 is 1.04 bits per heavy atom. The van der Waals surface area contributed by atoms with Gasteiger partial charge in [-0.2, -0.15) is 5.10 Å². The first-order valence-electron chi connectivity index (χ1n) is 9.43. The summed E-state index contributed by atoms with van der Waals surface area (Å²) in [6.45, 7) is 6.70. The van der Waals surface area contributed by atoms with Gasteiger partial charge in [-0.3, -0.25) is 4.79 Å². The Kier molecular flexibility index (Phi) is 5.75. The Morgan fingerprint density at radius 2 is 1.63 bits per heavy atom. The van der Waals surface area contributed by atoms with Crippen molar-refractivity contribution in [3.05, 3.63) is 83.2 Å². The molecule has 0 bridgehead atoms. The third-order valence-corrected chi connectivity index (χ3v) is 5.12. The fourth-order valence-corrected chi connectivity index (χ4v) is 3.54. The van der Waals surface area contributed by atoms with Crippen LogP contribution in [0, 0.1) is 13.8 Å². The first kappa shape index (κ1) is 18.9. The summed E-state index contributed by atoms with van der Waals surface area (Å²) >= 11 is 0. The second-order valence-electron chi connectivity index (χ2n) is 6.96. The fourth-order valence-electron chi connectivity index (χ4n) is 3.54. The van der Waals surface area contributed by atoms with Gasteiger partial charge in [0.05, 0.1) is 17.3 Å². The van der Waals surface area contributed by atoms with E-state index in [0.29, 0.717) is 6.54 Å². The molecule has 3 rings (SSSR count). The van der Waals surface area contributed by atoms with E-state index in [1.807, 2.05) is 84.2 Å². The van der Waals surface area contributed by atoms with Gasteiger partial charge in [-0.15, -0.1) is 0 Å². The normalized spacial score (nSPS) is 12.0. The number of aryl methyl sites for hydroxylation is 1. The summed E-state index contributed by atoms with van der Waals surface area (Å²) in [5, 5.41) is 4.69. The molecule has 1 heterocycles. The zero-order valence-corrected chi connectivity index (χ0v) is 16.5. The maximum absolute atomic E-state index is 13.1. The van der Waals surface area contributed by atoms with Gasteiger partial charge in [-0.05, 0) is 38.0 Å². The molecular formula is C23H27N3O. The van der Waals surface area contributed by atoms with Crippen LogP contribution in [0.2, 0.25) is 0 Å². The number of para-hydroxylation sites is 1. The predicted molar refractivity (Wildman–Crippen MR) is 109 cm³/mol. The Labute approximate surface area is 161 Å². The molecule has 0 aliphatic heterocycles. The lowest BCUT2D eigenvalue weighted by Crippen LogP contribution is -2.31. The molecule has 0 fully saturated rings. The molecule has 0 N–H and O–H groups in total. The topological polar surface area (TPSA) is 38.1 Å². The van der Waals surface area contributed by atoms with Gasteiger partial charge >= 0.3 is 0 Å². The lowest BCUT2D eigenvalue weighted by molar-refractivity contribution is -0.132. The van der Waals surface area contributed by atoms with Crippen molar-refractivity contribution in [2.75, 3.05) is 7.05 Å². The summed E-state index contributed by atoms with van der Waals surface area (Å²) in [5.74, 6) is 0.0379. The Balaban J connectivity index is 1.83. The minimum Gasteiger partial charge on any atom is -0.341 e. The van der Waals surface area contributed by atoms with Crippen LogP contribution in [0.25, 0.3) is 5.69 Å². The zero-order chi connectivity index (χ0) is 19.4. The highest BCUT2D eigenvalue weighted by atomic mass is 16.2. The number of hydrogen-bond acceptors (Lipinski definition) is 2. The minimum absolute atomic E-state index is 0.110. The molecule has 0 saturated heterocycles. The van der Waals surface area contributed by atoms with Crippen molar-refractivity contribution in [1.82, 2.24) is 14.7 Å². The number of nitrogens with zero attached hydrogens (tertiary/aromatic N) is 3. The van der Waals surface area contributed by atoms with Crippen molar-refractivity contribution in [1.29, 1.82) is 0 Å². The van der Waals surface area contributed by atoms with Crippen molar-refractivity contribution in [3.63, 3.8) is 0 Å². The van der Waals surface area contributed by atoms with Gasteiger partial charge in [0, 0.05) is 24.8 Å². The molecule has 4 heteroatoms. The number of benzene rings is 2. The fraction of sp³-hybridized carbons (Fsp3) is 0.304. The maximum Gasteiger partial charge on any atom is 0.230 e. The van der Waals surface area contributed by atoms with Crippen molar-refractivity contribution in [2.45, 2.75) is 39.7 Å². The van der Waals surface area contributed by atoms with Gasteiger partial charge < -0.3 is 4.90 Å². The van der Waals surface area contributed by atoms with Crippen LogP contribution in [0.15, 0.2) is 60.7 Å². The Morgan fingerprint density at radius 3 is 2.22 bits per heavy atom. The molecular weight excluding hydrogens is 334 g/mol. The highest BCUT2D eigenvalue weighted by Gasteiger charge is 2.24. The molecule has 1 amide bonds. The van der Waals surface area contributed by atoms with E-state index >= 15 is 0 Å². The van der Waals surface area contributed by atoms with Crippen molar-refractivity contribution < 1.29 is 4.79 Å². The largest absolute Gasteiger partial charge is 0.341 e. The molecule has 3 aromatic rings. The van der Waals surface area contributed by atoms with E-state index in [1.165, 1.54) is 0 Å². The summed E-state index contributed by atoms with van der Waals surface area (Å²) in [6.07, 6.45) is 0.786. The molecule has 4 nitrogen and oxygen atoms in total. The van der Waals surface area contributed by atoms with Gasteiger partial charge in [0.1, 0.15) is 0 Å². The number of amides is 1. The third kappa shape index (κ3) is 3.95. The van der Waals surface area contributed by atoms with E-state index in [9.17, 15) is 4.79 Å². The van der Waals surface area contributed by atoms with E-state index in [1.54, 1.807) is 0 Å². The average molecular weight is 361 g/mol. The first-order valence-corrected chi connectivity index (χ1v) is 9.43. The summed E-state index contributed by atoms with van der Waals surface area (Å²) in [6, 6.07) is 20.1. The molecule has 0 aliphatic carbocycles. The molecule has 140 valence electrons. The molecule has 0 saturated carbocycles. The predicted octanol–water partition coefficient (Wildman–Crippen LogP) is 4.64. The Bertz CT molecular complexity index is 900. The molecule has 1 atom stereocenters. The van der Waals surface area contributed by atoms with Gasteiger partial charge in [-0.25, -0.2) is 4.68 Å².